The smallest absolute Gasteiger partial charge is 0.229 e. The molecule has 0 saturated carbocycles. The highest BCUT2D eigenvalue weighted by Gasteiger charge is 2.14. The van der Waals surface area contributed by atoms with Crippen LogP contribution in [0.15, 0.2) is 48.7 Å². The minimum Gasteiger partial charge on any atom is -0.369 e. The zero-order valence-electron chi connectivity index (χ0n) is 18.4. The van der Waals surface area contributed by atoms with Crippen LogP contribution in [-0.4, -0.2) is 48.1 Å². The number of fused-ring (bicyclic) bond motifs is 1. The van der Waals surface area contributed by atoms with Crippen LogP contribution in [0, 0.1) is 6.92 Å². The minimum atomic E-state index is 0.599. The summed E-state index contributed by atoms with van der Waals surface area (Å²) in [7, 11) is 2.18. The lowest BCUT2D eigenvalue weighted by atomic mass is 10.1. The van der Waals surface area contributed by atoms with Crippen molar-refractivity contribution in [2.24, 2.45) is 0 Å². The molecule has 1 aromatic heterocycles. The van der Waals surface area contributed by atoms with Gasteiger partial charge < -0.3 is 20.4 Å². The Morgan fingerprint density at radius 3 is 2.39 bits per heavy atom. The second-order valence-corrected chi connectivity index (χ2v) is 8.65. The topological polar surface area (TPSA) is 56.3 Å². The van der Waals surface area contributed by atoms with Gasteiger partial charge in [-0.1, -0.05) is 6.07 Å². The first-order valence-electron chi connectivity index (χ1n) is 11.2. The molecule has 5 rings (SSSR count). The molecule has 1 saturated heterocycles. The van der Waals surface area contributed by atoms with Crippen LogP contribution in [0.3, 0.4) is 0 Å². The molecule has 31 heavy (non-hydrogen) atoms. The van der Waals surface area contributed by atoms with Gasteiger partial charge in [-0.25, -0.2) is 4.98 Å². The number of likely N-dealkylation sites (N-methyl/N-ethyl adjacent to an activating group) is 1. The summed E-state index contributed by atoms with van der Waals surface area (Å²) >= 11 is 0. The average molecular weight is 415 g/mol. The molecule has 3 aromatic rings. The Balaban J connectivity index is 1.28. The van der Waals surface area contributed by atoms with Gasteiger partial charge in [-0.15, -0.1) is 0 Å². The molecule has 6 nitrogen and oxygen atoms in total. The lowest BCUT2D eigenvalue weighted by molar-refractivity contribution is 0.313. The van der Waals surface area contributed by atoms with E-state index in [1.54, 1.807) is 0 Å². The predicted molar refractivity (Wildman–Crippen MR) is 128 cm³/mol. The molecule has 2 aromatic carbocycles. The van der Waals surface area contributed by atoms with E-state index in [-0.39, 0.29) is 0 Å². The van der Waals surface area contributed by atoms with Gasteiger partial charge in [0.1, 0.15) is 5.82 Å². The van der Waals surface area contributed by atoms with Gasteiger partial charge in [0.05, 0.1) is 0 Å². The summed E-state index contributed by atoms with van der Waals surface area (Å²) in [5.74, 6) is 1.44. The van der Waals surface area contributed by atoms with E-state index < -0.39 is 0 Å². The highest BCUT2D eigenvalue weighted by Crippen LogP contribution is 2.28. The third kappa shape index (κ3) is 4.49. The van der Waals surface area contributed by atoms with Crippen molar-refractivity contribution in [3.63, 3.8) is 0 Å². The SMILES string of the molecule is Cc1cnc(Nc2ccc(N3CCN(C)CC3)cc2)nc1Nc1ccc2c(c1)CCC2. The zero-order valence-corrected chi connectivity index (χ0v) is 18.4. The van der Waals surface area contributed by atoms with Crippen molar-refractivity contribution < 1.29 is 0 Å². The van der Waals surface area contributed by atoms with Crippen molar-refractivity contribution in [1.29, 1.82) is 0 Å². The maximum atomic E-state index is 4.73. The van der Waals surface area contributed by atoms with Gasteiger partial charge in [-0.3, -0.25) is 0 Å². The largest absolute Gasteiger partial charge is 0.369 e. The fourth-order valence-electron chi connectivity index (χ4n) is 4.36. The Kier molecular flexibility index (Phi) is 5.47. The molecule has 0 unspecified atom stereocenters. The standard InChI is InChI=1S/C25H30N6/c1-18-17-26-25(29-24(18)27-22-7-6-19-4-3-5-20(19)16-22)28-21-8-10-23(11-9-21)31-14-12-30(2)13-15-31/h6-11,16-17H,3-5,12-15H2,1-2H3,(H2,26,27,28,29). The van der Waals surface area contributed by atoms with E-state index in [1.807, 2.05) is 13.1 Å². The first-order valence-corrected chi connectivity index (χ1v) is 11.2. The number of rotatable bonds is 5. The Labute approximate surface area is 184 Å². The molecule has 1 aliphatic heterocycles. The summed E-state index contributed by atoms with van der Waals surface area (Å²) in [6.07, 6.45) is 5.49. The van der Waals surface area contributed by atoms with Crippen molar-refractivity contribution in [1.82, 2.24) is 14.9 Å². The van der Waals surface area contributed by atoms with Crippen molar-refractivity contribution in [2.75, 3.05) is 48.8 Å². The van der Waals surface area contributed by atoms with E-state index in [4.69, 9.17) is 4.98 Å². The average Bonchev–Trinajstić information content (AvgIpc) is 3.25. The number of benzene rings is 2. The quantitative estimate of drug-likeness (QED) is 0.641. The summed E-state index contributed by atoms with van der Waals surface area (Å²) in [4.78, 5) is 14.0. The number of piperazine rings is 1. The number of nitrogens with one attached hydrogen (secondary N) is 2. The minimum absolute atomic E-state index is 0.599. The van der Waals surface area contributed by atoms with Gasteiger partial charge in [-0.05, 0) is 80.8 Å². The van der Waals surface area contributed by atoms with E-state index in [2.05, 4.69) is 74.9 Å². The third-order valence-corrected chi connectivity index (χ3v) is 6.32. The molecular formula is C25H30N6. The molecule has 160 valence electrons. The number of hydrogen-bond acceptors (Lipinski definition) is 6. The molecule has 2 aliphatic rings. The summed E-state index contributed by atoms with van der Waals surface area (Å²) in [5, 5.41) is 6.83. The Bertz CT molecular complexity index is 1050. The number of nitrogens with zero attached hydrogens (tertiary/aromatic N) is 4. The Hall–Kier alpha value is -3.12. The molecule has 6 heteroatoms. The van der Waals surface area contributed by atoms with Crippen molar-refractivity contribution in [3.05, 3.63) is 65.4 Å². The molecular weight excluding hydrogens is 384 g/mol. The number of anilines is 5. The van der Waals surface area contributed by atoms with Crippen LogP contribution in [0.25, 0.3) is 0 Å². The normalized spacial score (nSPS) is 16.3. The maximum Gasteiger partial charge on any atom is 0.229 e. The number of aryl methyl sites for hydroxylation is 3. The molecule has 0 spiro atoms. The Morgan fingerprint density at radius 1 is 0.839 bits per heavy atom. The highest BCUT2D eigenvalue weighted by molar-refractivity contribution is 5.64. The molecule has 1 fully saturated rings. The monoisotopic (exact) mass is 414 g/mol. The molecule has 0 amide bonds. The van der Waals surface area contributed by atoms with Crippen molar-refractivity contribution in [3.8, 4) is 0 Å². The van der Waals surface area contributed by atoms with Crippen LogP contribution < -0.4 is 15.5 Å². The fraction of sp³-hybridized carbons (Fsp3) is 0.360. The molecule has 2 heterocycles. The first kappa shape index (κ1) is 19.8. The summed E-state index contributed by atoms with van der Waals surface area (Å²) in [5.41, 5.74) is 7.30. The molecule has 0 atom stereocenters. The van der Waals surface area contributed by atoms with Crippen molar-refractivity contribution >= 4 is 28.8 Å². The van der Waals surface area contributed by atoms with Crippen molar-refractivity contribution in [2.45, 2.75) is 26.2 Å². The molecule has 2 N–H and O–H groups in total. The maximum absolute atomic E-state index is 4.73. The Morgan fingerprint density at radius 2 is 1.58 bits per heavy atom. The van der Waals surface area contributed by atoms with Crippen LogP contribution in [0.1, 0.15) is 23.1 Å². The van der Waals surface area contributed by atoms with E-state index in [0.717, 1.165) is 48.9 Å². The van der Waals surface area contributed by atoms with Gasteiger partial charge in [0.25, 0.3) is 0 Å². The molecule has 0 bridgehead atoms. The van der Waals surface area contributed by atoms with Crippen LogP contribution >= 0.6 is 0 Å². The first-order chi connectivity index (χ1) is 15.1. The van der Waals surface area contributed by atoms with Gasteiger partial charge in [0, 0.05) is 55.0 Å². The second kappa shape index (κ2) is 8.55. The molecule has 0 radical (unpaired) electrons. The predicted octanol–water partition coefficient (Wildman–Crippen LogP) is 4.51. The van der Waals surface area contributed by atoms with E-state index in [0.29, 0.717) is 5.95 Å². The second-order valence-electron chi connectivity index (χ2n) is 8.65. The van der Waals surface area contributed by atoms with E-state index in [1.165, 1.54) is 36.1 Å². The fourth-order valence-corrected chi connectivity index (χ4v) is 4.36. The number of aromatic nitrogens is 2. The van der Waals surface area contributed by atoms with Crippen LogP contribution in [-0.2, 0) is 12.8 Å². The summed E-state index contributed by atoms with van der Waals surface area (Å²) in [6, 6.07) is 15.2. The van der Waals surface area contributed by atoms with Gasteiger partial charge >= 0.3 is 0 Å². The van der Waals surface area contributed by atoms with Crippen LogP contribution in [0.2, 0.25) is 0 Å². The highest BCUT2D eigenvalue weighted by atomic mass is 15.2. The summed E-state index contributed by atoms with van der Waals surface area (Å²) in [6.45, 7) is 6.39. The van der Waals surface area contributed by atoms with E-state index >= 15 is 0 Å². The lowest BCUT2D eigenvalue weighted by Gasteiger charge is -2.34. The van der Waals surface area contributed by atoms with E-state index in [9.17, 15) is 0 Å². The van der Waals surface area contributed by atoms with Gasteiger partial charge in [0.15, 0.2) is 0 Å². The van der Waals surface area contributed by atoms with Gasteiger partial charge in [0.2, 0.25) is 5.95 Å². The molecule has 1 aliphatic carbocycles. The van der Waals surface area contributed by atoms with Gasteiger partial charge in [-0.2, -0.15) is 4.98 Å². The van der Waals surface area contributed by atoms with Crippen LogP contribution in [0.5, 0.6) is 0 Å². The van der Waals surface area contributed by atoms with Crippen LogP contribution in [0.4, 0.5) is 28.8 Å². The zero-order chi connectivity index (χ0) is 21.2. The lowest BCUT2D eigenvalue weighted by Crippen LogP contribution is -2.44. The third-order valence-electron chi connectivity index (χ3n) is 6.32. The number of hydrogen-bond donors (Lipinski definition) is 2. The summed E-state index contributed by atoms with van der Waals surface area (Å²) < 4.78 is 0.